The van der Waals surface area contributed by atoms with Crippen LogP contribution >= 0.6 is 0 Å². The van der Waals surface area contributed by atoms with E-state index in [4.69, 9.17) is 19.5 Å². The molecule has 1 aliphatic rings. The van der Waals surface area contributed by atoms with Gasteiger partial charge in [0.25, 0.3) is 0 Å². The van der Waals surface area contributed by atoms with Gasteiger partial charge in [-0.15, -0.1) is 0 Å². The fraction of sp³-hybridized carbons (Fsp3) is 0.188. The molecular weight excluding hydrogens is 254 g/mol. The molecule has 1 aliphatic heterocycles. The first-order valence-corrected chi connectivity index (χ1v) is 6.32. The molecule has 1 heterocycles. The van der Waals surface area contributed by atoms with Crippen LogP contribution in [-0.4, -0.2) is 19.7 Å². The summed E-state index contributed by atoms with van der Waals surface area (Å²) in [6.07, 6.45) is -0.0899. The van der Waals surface area contributed by atoms with Crippen LogP contribution in [-0.2, 0) is 9.47 Å². The Balaban J connectivity index is 1.63. The van der Waals surface area contributed by atoms with Crippen molar-refractivity contribution in [2.75, 3.05) is 13.4 Å². The van der Waals surface area contributed by atoms with Crippen molar-refractivity contribution in [2.45, 2.75) is 6.29 Å². The maximum absolute atomic E-state index is 8.77. The Morgan fingerprint density at radius 1 is 1.05 bits per heavy atom. The average Bonchev–Trinajstić information content (AvgIpc) is 3.32. The van der Waals surface area contributed by atoms with Crippen molar-refractivity contribution in [1.29, 1.82) is 5.26 Å². The number of epoxide rings is 1. The molecule has 4 heteroatoms. The lowest BCUT2D eigenvalue weighted by Gasteiger charge is -2.07. The lowest BCUT2D eigenvalue weighted by molar-refractivity contribution is -0.0340. The maximum atomic E-state index is 8.77. The second-order valence-electron chi connectivity index (χ2n) is 4.41. The number of rotatable bonds is 5. The van der Waals surface area contributed by atoms with Gasteiger partial charge < -0.3 is 14.2 Å². The average molecular weight is 267 g/mol. The van der Waals surface area contributed by atoms with Crippen molar-refractivity contribution in [3.63, 3.8) is 0 Å². The molecule has 1 fully saturated rings. The number of ether oxygens (including phenoxy) is 3. The summed E-state index contributed by atoms with van der Waals surface area (Å²) in [5.74, 6) is 0.753. The zero-order valence-electron chi connectivity index (χ0n) is 10.8. The Bertz CT molecular complexity index is 610. The summed E-state index contributed by atoms with van der Waals surface area (Å²) in [5.41, 5.74) is 2.81. The normalized spacial score (nSPS) is 16.4. The lowest BCUT2D eigenvalue weighted by atomic mass is 10.0. The van der Waals surface area contributed by atoms with Gasteiger partial charge in [0, 0.05) is 0 Å². The van der Waals surface area contributed by atoms with E-state index in [1.54, 1.807) is 0 Å². The summed E-state index contributed by atoms with van der Waals surface area (Å²) in [5, 5.41) is 8.77. The zero-order chi connectivity index (χ0) is 13.8. The van der Waals surface area contributed by atoms with Crippen molar-refractivity contribution >= 4 is 0 Å². The number of benzene rings is 2. The van der Waals surface area contributed by atoms with Gasteiger partial charge in [-0.25, -0.2) is 0 Å². The number of nitrogens with zero attached hydrogens (tertiary/aromatic N) is 1. The van der Waals surface area contributed by atoms with E-state index in [1.165, 1.54) is 0 Å². The van der Waals surface area contributed by atoms with Gasteiger partial charge >= 0.3 is 0 Å². The molecule has 0 bridgehead atoms. The predicted octanol–water partition coefficient (Wildman–Crippen LogP) is 2.93. The molecule has 0 radical (unpaired) electrons. The van der Waals surface area contributed by atoms with Crippen LogP contribution in [0.4, 0.5) is 0 Å². The van der Waals surface area contributed by atoms with Crippen molar-refractivity contribution in [1.82, 2.24) is 0 Å². The summed E-state index contributed by atoms with van der Waals surface area (Å²) in [6.45, 7) is 0.849. The fourth-order valence-corrected chi connectivity index (χ4v) is 1.79. The molecule has 3 rings (SSSR count). The van der Waals surface area contributed by atoms with E-state index in [0.29, 0.717) is 12.2 Å². The molecule has 1 saturated heterocycles. The van der Waals surface area contributed by atoms with E-state index < -0.39 is 0 Å². The minimum Gasteiger partial charge on any atom is -0.467 e. The molecule has 1 unspecified atom stereocenters. The molecule has 0 saturated carbocycles. The van der Waals surface area contributed by atoms with Gasteiger partial charge in [-0.1, -0.05) is 24.3 Å². The van der Waals surface area contributed by atoms with E-state index in [0.717, 1.165) is 16.9 Å². The first-order valence-electron chi connectivity index (χ1n) is 6.32. The predicted molar refractivity (Wildman–Crippen MR) is 72.9 cm³/mol. The van der Waals surface area contributed by atoms with E-state index in [-0.39, 0.29) is 13.1 Å². The van der Waals surface area contributed by atoms with Crippen molar-refractivity contribution < 1.29 is 14.2 Å². The third-order valence-corrected chi connectivity index (χ3v) is 2.98. The molecular formula is C16H13NO3. The molecule has 20 heavy (non-hydrogen) atoms. The van der Waals surface area contributed by atoms with Gasteiger partial charge in [0.1, 0.15) is 12.4 Å². The molecule has 0 aromatic heterocycles. The Morgan fingerprint density at radius 2 is 1.65 bits per heavy atom. The third kappa shape index (κ3) is 3.15. The molecule has 0 N–H and O–H groups in total. The van der Waals surface area contributed by atoms with Gasteiger partial charge in [-0.2, -0.15) is 5.26 Å². The number of hydrogen-bond acceptors (Lipinski definition) is 4. The largest absolute Gasteiger partial charge is 0.467 e. The number of hydrogen-bond donors (Lipinski definition) is 0. The highest BCUT2D eigenvalue weighted by atomic mass is 16.8. The second kappa shape index (κ2) is 5.74. The third-order valence-electron chi connectivity index (χ3n) is 2.98. The van der Waals surface area contributed by atoms with Gasteiger partial charge in [-0.05, 0) is 35.4 Å². The summed E-state index contributed by atoms with van der Waals surface area (Å²) < 4.78 is 15.6. The Morgan fingerprint density at radius 3 is 2.20 bits per heavy atom. The summed E-state index contributed by atoms with van der Waals surface area (Å²) in [4.78, 5) is 0. The zero-order valence-corrected chi connectivity index (χ0v) is 10.8. The highest BCUT2D eigenvalue weighted by Gasteiger charge is 2.23. The van der Waals surface area contributed by atoms with E-state index in [2.05, 4.69) is 6.07 Å². The van der Waals surface area contributed by atoms with Crippen LogP contribution < -0.4 is 4.74 Å². The SMILES string of the molecule is N#Cc1ccc(-c2ccc(OCOC3CO3)cc2)cc1. The molecule has 0 aliphatic carbocycles. The van der Waals surface area contributed by atoms with Crippen LogP contribution in [0.2, 0.25) is 0 Å². The van der Waals surface area contributed by atoms with Gasteiger partial charge in [0.15, 0.2) is 13.1 Å². The van der Waals surface area contributed by atoms with Crippen LogP contribution in [0, 0.1) is 11.3 Å². The van der Waals surface area contributed by atoms with Crippen LogP contribution in [0.25, 0.3) is 11.1 Å². The highest BCUT2D eigenvalue weighted by molar-refractivity contribution is 5.64. The van der Waals surface area contributed by atoms with Crippen LogP contribution in [0.1, 0.15) is 5.56 Å². The molecule has 100 valence electrons. The first-order chi connectivity index (χ1) is 9.85. The monoisotopic (exact) mass is 267 g/mol. The topological polar surface area (TPSA) is 54.8 Å². The summed E-state index contributed by atoms with van der Waals surface area (Å²) in [6, 6.07) is 17.3. The van der Waals surface area contributed by atoms with Gasteiger partial charge in [0.05, 0.1) is 11.6 Å². The van der Waals surface area contributed by atoms with Crippen molar-refractivity contribution in [3.8, 4) is 22.9 Å². The molecule has 0 amide bonds. The minimum absolute atomic E-state index is 0.0899. The second-order valence-corrected chi connectivity index (χ2v) is 4.41. The molecule has 2 aromatic carbocycles. The smallest absolute Gasteiger partial charge is 0.192 e. The molecule has 4 nitrogen and oxygen atoms in total. The van der Waals surface area contributed by atoms with Crippen molar-refractivity contribution in [2.24, 2.45) is 0 Å². The van der Waals surface area contributed by atoms with Crippen LogP contribution in [0.15, 0.2) is 48.5 Å². The standard InChI is InChI=1S/C16H13NO3/c17-9-12-1-3-13(4-2-12)14-5-7-15(8-6-14)19-11-20-16-10-18-16/h1-8,16H,10-11H2. The summed E-state index contributed by atoms with van der Waals surface area (Å²) in [7, 11) is 0. The van der Waals surface area contributed by atoms with E-state index in [1.807, 2.05) is 48.5 Å². The summed E-state index contributed by atoms with van der Waals surface area (Å²) >= 11 is 0. The van der Waals surface area contributed by atoms with Gasteiger partial charge in [0.2, 0.25) is 0 Å². The van der Waals surface area contributed by atoms with Crippen LogP contribution in [0.3, 0.4) is 0 Å². The number of nitriles is 1. The maximum Gasteiger partial charge on any atom is 0.192 e. The van der Waals surface area contributed by atoms with E-state index >= 15 is 0 Å². The Labute approximate surface area is 117 Å². The Hall–Kier alpha value is -2.35. The molecule has 0 spiro atoms. The van der Waals surface area contributed by atoms with Gasteiger partial charge in [-0.3, -0.25) is 0 Å². The Kier molecular flexibility index (Phi) is 3.64. The fourth-order valence-electron chi connectivity index (χ4n) is 1.79. The first kappa shape index (κ1) is 12.7. The highest BCUT2D eigenvalue weighted by Crippen LogP contribution is 2.23. The van der Waals surface area contributed by atoms with E-state index in [9.17, 15) is 0 Å². The molecule has 1 atom stereocenters. The minimum atomic E-state index is -0.0899. The lowest BCUT2D eigenvalue weighted by Crippen LogP contribution is -2.04. The van der Waals surface area contributed by atoms with Crippen molar-refractivity contribution in [3.05, 3.63) is 54.1 Å². The van der Waals surface area contributed by atoms with Crippen LogP contribution in [0.5, 0.6) is 5.75 Å². The quantitative estimate of drug-likeness (QED) is 0.617. The molecule has 2 aromatic rings.